The van der Waals surface area contributed by atoms with Crippen molar-refractivity contribution < 1.29 is 19.4 Å². The van der Waals surface area contributed by atoms with E-state index in [-0.39, 0.29) is 28.9 Å². The quantitative estimate of drug-likeness (QED) is 0.664. The zero-order chi connectivity index (χ0) is 24.5. The molecule has 7 heteroatoms. The fourth-order valence-electron chi connectivity index (χ4n) is 5.58. The fourth-order valence-corrected chi connectivity index (χ4v) is 5.58. The highest BCUT2D eigenvalue weighted by molar-refractivity contribution is 6.47. The number of carbonyl (C=O) groups excluding carboxylic acids is 2. The van der Waals surface area contributed by atoms with E-state index in [4.69, 9.17) is 4.74 Å². The number of hydrogen-bond donors (Lipinski definition) is 1. The smallest absolute Gasteiger partial charge is 0.258 e. The maximum atomic E-state index is 13.5. The number of anilines is 1. The van der Waals surface area contributed by atoms with E-state index in [9.17, 15) is 14.7 Å². The Morgan fingerprint density at radius 3 is 2.43 bits per heavy atom. The summed E-state index contributed by atoms with van der Waals surface area (Å²) in [5, 5.41) is 10.7. The van der Waals surface area contributed by atoms with Gasteiger partial charge in [-0.3, -0.25) is 14.6 Å². The topological polar surface area (TPSA) is 82.4 Å². The van der Waals surface area contributed by atoms with Crippen LogP contribution in [0.2, 0.25) is 0 Å². The molecule has 2 fully saturated rings. The molecule has 1 saturated heterocycles. The second-order valence-corrected chi connectivity index (χ2v) is 9.82. The van der Waals surface area contributed by atoms with E-state index < -0.39 is 0 Å². The van der Waals surface area contributed by atoms with E-state index in [1.807, 2.05) is 6.92 Å². The molecule has 2 aliphatic heterocycles. The highest BCUT2D eigenvalue weighted by Gasteiger charge is 2.31. The average molecular weight is 476 g/mol. The molecule has 0 atom stereocenters. The molecule has 1 amide bonds. The van der Waals surface area contributed by atoms with Gasteiger partial charge in [0.1, 0.15) is 11.5 Å². The number of ketones is 1. The van der Waals surface area contributed by atoms with Crippen LogP contribution in [-0.4, -0.2) is 60.8 Å². The van der Waals surface area contributed by atoms with Gasteiger partial charge in [0.25, 0.3) is 5.91 Å². The summed E-state index contributed by atoms with van der Waals surface area (Å²) >= 11 is 0. The van der Waals surface area contributed by atoms with Gasteiger partial charge in [0.05, 0.1) is 18.8 Å². The molecule has 0 bridgehead atoms. The third-order valence-corrected chi connectivity index (χ3v) is 7.59. The van der Waals surface area contributed by atoms with E-state index in [0.29, 0.717) is 24.4 Å². The van der Waals surface area contributed by atoms with Crippen molar-refractivity contribution in [2.75, 3.05) is 38.3 Å². The van der Waals surface area contributed by atoms with Crippen molar-refractivity contribution in [3.05, 3.63) is 58.1 Å². The van der Waals surface area contributed by atoms with Crippen LogP contribution in [0.15, 0.2) is 35.3 Å². The molecule has 1 N–H and O–H groups in total. The van der Waals surface area contributed by atoms with E-state index >= 15 is 0 Å². The van der Waals surface area contributed by atoms with Crippen molar-refractivity contribution in [3.8, 4) is 5.75 Å². The molecule has 2 aromatic carbocycles. The van der Waals surface area contributed by atoms with Gasteiger partial charge in [0.2, 0.25) is 0 Å². The number of nitrogens with zero attached hydrogens (tertiary/aromatic N) is 3. The number of aromatic hydroxyl groups is 1. The van der Waals surface area contributed by atoms with Gasteiger partial charge >= 0.3 is 0 Å². The van der Waals surface area contributed by atoms with Crippen molar-refractivity contribution in [2.45, 2.75) is 45.7 Å². The highest BCUT2D eigenvalue weighted by Crippen LogP contribution is 2.33. The van der Waals surface area contributed by atoms with Gasteiger partial charge in [-0.05, 0) is 60.7 Å². The Labute approximate surface area is 206 Å². The minimum absolute atomic E-state index is 0.00482. The van der Waals surface area contributed by atoms with Crippen LogP contribution < -0.4 is 4.90 Å². The summed E-state index contributed by atoms with van der Waals surface area (Å²) in [7, 11) is 1.62. The number of Topliss-reactive ketones (excluding diaryl/α,β-unsaturated/α-hetero) is 1. The minimum atomic E-state index is -0.239. The van der Waals surface area contributed by atoms with E-state index in [2.05, 4.69) is 28.1 Å². The largest absolute Gasteiger partial charge is 0.507 e. The van der Waals surface area contributed by atoms with Crippen LogP contribution in [0.5, 0.6) is 5.75 Å². The first-order valence-corrected chi connectivity index (χ1v) is 12.5. The van der Waals surface area contributed by atoms with Crippen LogP contribution in [0, 0.1) is 12.8 Å². The number of benzene rings is 2. The van der Waals surface area contributed by atoms with Crippen molar-refractivity contribution in [3.63, 3.8) is 0 Å². The number of phenolic OH excluding ortho intramolecular Hbond substituents is 1. The number of amides is 1. The van der Waals surface area contributed by atoms with Gasteiger partial charge < -0.3 is 19.6 Å². The number of carbonyl (C=O) groups is 2. The number of phenols is 1. The zero-order valence-corrected chi connectivity index (χ0v) is 20.5. The lowest BCUT2D eigenvalue weighted by Crippen LogP contribution is -2.36. The molecule has 0 spiro atoms. The third-order valence-electron chi connectivity index (χ3n) is 7.59. The van der Waals surface area contributed by atoms with Gasteiger partial charge in [-0.15, -0.1) is 0 Å². The minimum Gasteiger partial charge on any atom is -0.507 e. The Kier molecular flexibility index (Phi) is 6.60. The lowest BCUT2D eigenvalue weighted by Gasteiger charge is -2.29. The number of hydrogen-bond acceptors (Lipinski definition) is 6. The second kappa shape index (κ2) is 9.82. The van der Waals surface area contributed by atoms with E-state index in [1.165, 1.54) is 0 Å². The maximum absolute atomic E-state index is 13.5. The summed E-state index contributed by atoms with van der Waals surface area (Å²) < 4.78 is 5.46. The van der Waals surface area contributed by atoms with E-state index in [0.717, 1.165) is 74.4 Å². The first-order valence-electron chi connectivity index (χ1n) is 12.5. The number of morpholine rings is 1. The van der Waals surface area contributed by atoms with Crippen LogP contribution in [-0.2, 0) is 22.6 Å². The first kappa shape index (κ1) is 23.5. The van der Waals surface area contributed by atoms with Crippen molar-refractivity contribution >= 4 is 23.1 Å². The lowest BCUT2D eigenvalue weighted by atomic mass is 9.91. The second-order valence-electron chi connectivity index (χ2n) is 9.82. The van der Waals surface area contributed by atoms with Crippen LogP contribution in [0.1, 0.15) is 58.3 Å². The van der Waals surface area contributed by atoms with Crippen molar-refractivity contribution in [2.24, 2.45) is 10.9 Å². The summed E-state index contributed by atoms with van der Waals surface area (Å²) in [4.78, 5) is 35.1. The molecule has 184 valence electrons. The monoisotopic (exact) mass is 475 g/mol. The maximum Gasteiger partial charge on any atom is 0.258 e. The predicted octanol–water partition coefficient (Wildman–Crippen LogP) is 3.87. The summed E-state index contributed by atoms with van der Waals surface area (Å²) in [5.41, 5.74) is 5.39. The van der Waals surface area contributed by atoms with Crippen LogP contribution in [0.3, 0.4) is 0 Å². The summed E-state index contributed by atoms with van der Waals surface area (Å²) in [6, 6.07) is 9.60. The Morgan fingerprint density at radius 2 is 1.71 bits per heavy atom. The number of ether oxygens (including phenoxy) is 1. The summed E-state index contributed by atoms with van der Waals surface area (Å²) in [6.07, 6.45) is 3.90. The first-order chi connectivity index (χ1) is 17.0. The number of aliphatic imine (C=N–C) groups is 1. The Hall–Kier alpha value is -3.19. The van der Waals surface area contributed by atoms with Gasteiger partial charge in [0.15, 0.2) is 5.78 Å². The van der Waals surface area contributed by atoms with Gasteiger partial charge in [0, 0.05) is 50.4 Å². The predicted molar refractivity (Wildman–Crippen MR) is 135 cm³/mol. The Morgan fingerprint density at radius 1 is 1.00 bits per heavy atom. The summed E-state index contributed by atoms with van der Waals surface area (Å²) in [6.45, 7) is 6.01. The SMILES string of the molecule is C/N=C(/C(=O)C1CCCC1)c1cc(C(=O)N2Cc3ccc(N4CCOCC4)cc3C2)c(O)cc1C. The zero-order valence-electron chi connectivity index (χ0n) is 20.5. The van der Waals surface area contributed by atoms with Crippen LogP contribution in [0.25, 0.3) is 0 Å². The molecule has 1 saturated carbocycles. The van der Waals surface area contributed by atoms with Gasteiger partial charge in [-0.2, -0.15) is 0 Å². The van der Waals surface area contributed by atoms with Crippen molar-refractivity contribution in [1.29, 1.82) is 0 Å². The molecular formula is C28H33N3O4. The fraction of sp³-hybridized carbons (Fsp3) is 0.464. The Bertz CT molecular complexity index is 1180. The molecule has 35 heavy (non-hydrogen) atoms. The lowest BCUT2D eigenvalue weighted by molar-refractivity contribution is -0.116. The van der Waals surface area contributed by atoms with Crippen LogP contribution >= 0.6 is 0 Å². The van der Waals surface area contributed by atoms with Crippen LogP contribution in [0.4, 0.5) is 5.69 Å². The Balaban J connectivity index is 1.38. The standard InChI is InChI=1S/C28H33N3O4/c1-18-13-25(32)24(15-23(18)26(29-2)27(33)19-5-3-4-6-19)28(34)31-16-20-7-8-22(14-21(20)17-31)30-9-11-35-12-10-30/h7-8,13-15,19,32H,3-6,9-12,16-17H2,1-2H3/b29-26+. The molecule has 0 radical (unpaired) electrons. The van der Waals surface area contributed by atoms with Gasteiger partial charge in [-0.25, -0.2) is 0 Å². The molecule has 2 heterocycles. The van der Waals surface area contributed by atoms with Gasteiger partial charge in [-0.1, -0.05) is 18.9 Å². The molecule has 5 rings (SSSR count). The molecule has 1 aliphatic carbocycles. The summed E-state index contributed by atoms with van der Waals surface area (Å²) in [5.74, 6) is -0.266. The highest BCUT2D eigenvalue weighted by atomic mass is 16.5. The number of aryl methyl sites for hydroxylation is 1. The molecule has 3 aliphatic rings. The van der Waals surface area contributed by atoms with E-state index in [1.54, 1.807) is 24.1 Å². The molecule has 7 nitrogen and oxygen atoms in total. The molecular weight excluding hydrogens is 442 g/mol. The average Bonchev–Trinajstić information content (AvgIpc) is 3.55. The number of rotatable bonds is 5. The molecule has 0 unspecified atom stereocenters. The molecule has 0 aromatic heterocycles. The third kappa shape index (κ3) is 4.57. The number of fused-ring (bicyclic) bond motifs is 1. The van der Waals surface area contributed by atoms with Crippen molar-refractivity contribution in [1.82, 2.24) is 4.90 Å². The normalized spacial score (nSPS) is 18.7. The molecule has 2 aromatic rings.